The number of ether oxygens (including phenoxy) is 2. The molecule has 1 saturated heterocycles. The number of nitrogens with zero attached hydrogens (tertiary/aromatic N) is 4. The number of fused-ring (bicyclic) bond motifs is 1. The predicted molar refractivity (Wildman–Crippen MR) is 139 cm³/mol. The van der Waals surface area contributed by atoms with Crippen LogP contribution in [0.3, 0.4) is 0 Å². The molecule has 0 aliphatic carbocycles. The molecular weight excluding hydrogens is 519 g/mol. The van der Waals surface area contributed by atoms with Gasteiger partial charge in [0.05, 0.1) is 30.3 Å². The number of esters is 1. The molecule has 0 bridgehead atoms. The van der Waals surface area contributed by atoms with E-state index in [2.05, 4.69) is 28.0 Å². The zero-order valence-electron chi connectivity index (χ0n) is 20.6. The molecule has 3 aromatic rings. The lowest BCUT2D eigenvalue weighted by Crippen LogP contribution is -2.34. The quantitative estimate of drug-likeness (QED) is 0.278. The summed E-state index contributed by atoms with van der Waals surface area (Å²) < 4.78 is 25.3. The summed E-state index contributed by atoms with van der Waals surface area (Å²) >= 11 is 5.98. The van der Waals surface area contributed by atoms with Gasteiger partial charge >= 0.3 is 14.5 Å². The number of carbonyl (C=O) groups excluding carboxylic acids is 1. The summed E-state index contributed by atoms with van der Waals surface area (Å²) in [5.74, 6) is 0.482. The van der Waals surface area contributed by atoms with E-state index < -0.39 is 20.5 Å². The van der Waals surface area contributed by atoms with E-state index in [1.54, 1.807) is 44.3 Å². The molecule has 13 heteroatoms. The number of anilines is 1. The second-order valence-electron chi connectivity index (χ2n) is 8.58. The van der Waals surface area contributed by atoms with Crippen LogP contribution >= 0.6 is 20.1 Å². The number of benzene rings is 1. The number of nitrogens with one attached hydrogen (secondary N) is 1. The molecule has 1 aliphatic rings. The lowest BCUT2D eigenvalue weighted by atomic mass is 10.1. The molecule has 1 aliphatic heterocycles. The second kappa shape index (κ2) is 12.0. The third-order valence-electron chi connectivity index (χ3n) is 5.81. The van der Waals surface area contributed by atoms with Crippen LogP contribution in [0.15, 0.2) is 36.8 Å². The monoisotopic (exact) mass is 546 g/mol. The molecule has 1 aromatic carbocycles. The van der Waals surface area contributed by atoms with E-state index in [-0.39, 0.29) is 37.3 Å². The van der Waals surface area contributed by atoms with Crippen molar-refractivity contribution in [1.82, 2.24) is 19.6 Å². The molecule has 3 heterocycles. The third kappa shape index (κ3) is 6.29. The molecule has 0 radical (unpaired) electrons. The average Bonchev–Trinajstić information content (AvgIpc) is 3.44. The molecule has 2 aromatic heterocycles. The van der Waals surface area contributed by atoms with Crippen LogP contribution in [0.5, 0.6) is 5.75 Å². The van der Waals surface area contributed by atoms with Gasteiger partial charge in [-0.15, -0.1) is 0 Å². The molecule has 11 nitrogen and oxygen atoms in total. The van der Waals surface area contributed by atoms with Gasteiger partial charge in [-0.3, -0.25) is 4.79 Å². The lowest BCUT2D eigenvalue weighted by molar-refractivity contribution is -0.144. The maximum atomic E-state index is 12.2. The van der Waals surface area contributed by atoms with Crippen molar-refractivity contribution in [2.45, 2.75) is 45.6 Å². The number of nitriles is 1. The topological polar surface area (TPSA) is 147 Å². The Labute approximate surface area is 220 Å². The minimum Gasteiger partial charge on any atom is -0.465 e. The first-order chi connectivity index (χ1) is 17.8. The van der Waals surface area contributed by atoms with Gasteiger partial charge in [0.1, 0.15) is 41.9 Å². The highest BCUT2D eigenvalue weighted by molar-refractivity contribution is 7.45. The fourth-order valence-electron chi connectivity index (χ4n) is 4.06. The van der Waals surface area contributed by atoms with Crippen molar-refractivity contribution >= 4 is 42.9 Å². The largest absolute Gasteiger partial charge is 0.465 e. The van der Waals surface area contributed by atoms with Crippen molar-refractivity contribution in [3.63, 3.8) is 0 Å². The number of aromatic nitrogens is 3. The van der Waals surface area contributed by atoms with Gasteiger partial charge in [-0.2, -0.15) is 5.26 Å². The zero-order chi connectivity index (χ0) is 26.5. The van der Waals surface area contributed by atoms with Crippen LogP contribution in [0.25, 0.3) is 11.0 Å². The van der Waals surface area contributed by atoms with E-state index in [9.17, 15) is 10.1 Å². The first-order valence-electron chi connectivity index (χ1n) is 11.8. The highest BCUT2D eigenvalue weighted by atomic mass is 35.5. The number of carbonyl (C=O) groups is 1. The fourth-order valence-corrected chi connectivity index (χ4v) is 5.40. The van der Waals surface area contributed by atoms with Crippen LogP contribution in [-0.2, 0) is 18.8 Å². The van der Waals surface area contributed by atoms with Crippen LogP contribution in [0.2, 0.25) is 5.02 Å². The van der Waals surface area contributed by atoms with Gasteiger partial charge in [0, 0.05) is 17.1 Å². The minimum atomic E-state index is -1.72. The number of hydrogen-bond acceptors (Lipinski definition) is 10. The molecule has 196 valence electrons. The number of hydrogen-bond donors (Lipinski definition) is 2. The Morgan fingerprint density at radius 3 is 2.86 bits per heavy atom. The first kappa shape index (κ1) is 27.0. The van der Waals surface area contributed by atoms with Crippen molar-refractivity contribution in [1.29, 1.82) is 5.26 Å². The summed E-state index contributed by atoms with van der Waals surface area (Å²) in [4.78, 5) is 20.5. The molecule has 5 atom stereocenters. The van der Waals surface area contributed by atoms with Gasteiger partial charge in [-0.05, 0) is 44.5 Å². The van der Waals surface area contributed by atoms with Gasteiger partial charge in [0.25, 0.3) is 0 Å². The lowest BCUT2D eigenvalue weighted by Gasteiger charge is -2.23. The van der Waals surface area contributed by atoms with Crippen molar-refractivity contribution in [2.24, 2.45) is 5.92 Å². The molecule has 1 fully saturated rings. The predicted octanol–water partition coefficient (Wildman–Crippen LogP) is 4.33. The summed E-state index contributed by atoms with van der Waals surface area (Å²) in [6, 6.07) is 8.37. The number of halogens is 1. The van der Waals surface area contributed by atoms with Crippen molar-refractivity contribution < 1.29 is 23.3 Å². The van der Waals surface area contributed by atoms with Crippen molar-refractivity contribution in [3.8, 4) is 11.8 Å². The average molecular weight is 547 g/mol. The Kier molecular flexibility index (Phi) is 8.79. The maximum absolute atomic E-state index is 12.2. The Bertz CT molecular complexity index is 1280. The molecule has 0 saturated carbocycles. The molecule has 0 amide bonds. The zero-order valence-corrected chi connectivity index (χ0v) is 22.3. The van der Waals surface area contributed by atoms with Crippen molar-refractivity contribution in [2.75, 3.05) is 18.9 Å². The SMILES string of the molecule is CCOC(=O)C(C)NP(OCC1CC(C)[C@H](n2cc(C#N)c3c(N)ncnc32)O1)Oc1ccc(Cl)cc1. The molecular formula is C24H28ClN6O5P. The summed E-state index contributed by atoms with van der Waals surface area (Å²) in [5, 5.41) is 13.7. The second-order valence-corrected chi connectivity index (χ2v) is 10.2. The third-order valence-corrected chi connectivity index (χ3v) is 7.42. The number of nitrogen functional groups attached to an aromatic ring is 1. The Morgan fingerprint density at radius 1 is 1.41 bits per heavy atom. The number of nitrogens with two attached hydrogens (primary N) is 1. The fraction of sp³-hybridized carbons (Fsp3) is 0.417. The molecule has 0 spiro atoms. The first-order valence-corrected chi connectivity index (χ1v) is 13.3. The Hall–Kier alpha value is -3.00. The van der Waals surface area contributed by atoms with E-state index in [1.165, 1.54) is 6.33 Å². The van der Waals surface area contributed by atoms with Crippen LogP contribution in [0.1, 0.15) is 39.0 Å². The van der Waals surface area contributed by atoms with Gasteiger partial charge in [-0.25, -0.2) is 15.1 Å². The summed E-state index contributed by atoms with van der Waals surface area (Å²) in [6.45, 7) is 5.97. The van der Waals surface area contributed by atoms with Crippen LogP contribution in [-0.4, -0.2) is 45.9 Å². The Balaban J connectivity index is 1.46. The van der Waals surface area contributed by atoms with E-state index in [0.717, 1.165) is 0 Å². The highest BCUT2D eigenvalue weighted by Crippen LogP contribution is 2.41. The summed E-state index contributed by atoms with van der Waals surface area (Å²) in [7, 11) is -1.72. The standard InChI is InChI=1S/C24H28ClN6O5P/c1-4-33-24(32)15(3)30-37(36-18-7-5-17(25)6-8-18)34-12-19-9-14(2)23(35-19)31-11-16(10-26)20-21(27)28-13-29-22(20)31/h5-8,11,13-15,19,23,30H,4,9,12H2,1-3H3,(H2,27,28,29)/t14?,15?,19?,23-,37?/m1/s1. The normalized spacial score (nSPS) is 20.9. The van der Waals surface area contributed by atoms with E-state index in [1.807, 2.05) is 4.57 Å². The van der Waals surface area contributed by atoms with Gasteiger partial charge in [0.2, 0.25) is 0 Å². The van der Waals surface area contributed by atoms with Crippen LogP contribution in [0.4, 0.5) is 5.82 Å². The Morgan fingerprint density at radius 2 is 2.16 bits per heavy atom. The molecule has 4 rings (SSSR count). The van der Waals surface area contributed by atoms with E-state index >= 15 is 0 Å². The minimum absolute atomic E-state index is 0.0989. The van der Waals surface area contributed by atoms with Gasteiger partial charge < -0.3 is 28.8 Å². The van der Waals surface area contributed by atoms with Gasteiger partial charge in [-0.1, -0.05) is 18.5 Å². The summed E-state index contributed by atoms with van der Waals surface area (Å²) in [6.07, 6.45) is 3.12. The van der Waals surface area contributed by atoms with E-state index in [4.69, 9.17) is 35.9 Å². The summed E-state index contributed by atoms with van der Waals surface area (Å²) in [5.41, 5.74) is 6.94. The smallest absolute Gasteiger partial charge is 0.323 e. The number of rotatable bonds is 10. The van der Waals surface area contributed by atoms with Gasteiger partial charge in [0.15, 0.2) is 0 Å². The highest BCUT2D eigenvalue weighted by Gasteiger charge is 2.36. The van der Waals surface area contributed by atoms with Crippen molar-refractivity contribution in [3.05, 3.63) is 47.4 Å². The molecule has 37 heavy (non-hydrogen) atoms. The van der Waals surface area contributed by atoms with Crippen LogP contribution < -0.4 is 15.3 Å². The molecule has 3 N–H and O–H groups in total. The molecule has 4 unspecified atom stereocenters. The van der Waals surface area contributed by atoms with E-state index in [0.29, 0.717) is 33.8 Å². The van der Waals surface area contributed by atoms with Crippen LogP contribution in [0, 0.1) is 17.2 Å². The maximum Gasteiger partial charge on any atom is 0.323 e.